The lowest BCUT2D eigenvalue weighted by Gasteiger charge is -2.17. The van der Waals surface area contributed by atoms with Crippen LogP contribution in [0.5, 0.6) is 0 Å². The van der Waals surface area contributed by atoms with E-state index < -0.39 is 0 Å². The molecule has 0 aromatic heterocycles. The van der Waals surface area contributed by atoms with Crippen LogP contribution in [0, 0.1) is 11.3 Å². The van der Waals surface area contributed by atoms with Crippen molar-refractivity contribution in [1.82, 2.24) is 5.32 Å². The van der Waals surface area contributed by atoms with Crippen LogP contribution < -0.4 is 5.32 Å². The van der Waals surface area contributed by atoms with Gasteiger partial charge in [0, 0.05) is 19.6 Å². The minimum atomic E-state index is 0.108. The second kappa shape index (κ2) is 11.1. The largest absolute Gasteiger partial charge is 0.379 e. The van der Waals surface area contributed by atoms with Crippen LogP contribution in [0.2, 0.25) is 0 Å². The van der Waals surface area contributed by atoms with Gasteiger partial charge in [0.1, 0.15) is 0 Å². The monoisotopic (exact) mass is 287 g/mol. The molecule has 1 amide bonds. The van der Waals surface area contributed by atoms with Gasteiger partial charge < -0.3 is 14.8 Å². The number of amides is 1. The molecule has 0 bridgehead atoms. The van der Waals surface area contributed by atoms with E-state index in [9.17, 15) is 4.79 Å². The Morgan fingerprint density at radius 1 is 1.05 bits per heavy atom. The second-order valence-electron chi connectivity index (χ2n) is 6.82. The molecule has 0 aliphatic carbocycles. The fourth-order valence-electron chi connectivity index (χ4n) is 1.48. The summed E-state index contributed by atoms with van der Waals surface area (Å²) in [5, 5.41) is 2.87. The molecule has 0 aromatic rings. The maximum atomic E-state index is 11.5. The second-order valence-corrected chi connectivity index (χ2v) is 6.82. The molecular formula is C16H33NO3. The van der Waals surface area contributed by atoms with Gasteiger partial charge in [-0.05, 0) is 24.2 Å². The number of rotatable bonds is 11. The van der Waals surface area contributed by atoms with E-state index in [0.29, 0.717) is 38.7 Å². The molecule has 0 atom stereocenters. The fraction of sp³-hybridized carbons (Fsp3) is 0.938. The maximum Gasteiger partial charge on any atom is 0.220 e. The van der Waals surface area contributed by atoms with Gasteiger partial charge in [-0.25, -0.2) is 0 Å². The summed E-state index contributed by atoms with van der Waals surface area (Å²) in [7, 11) is 0. The number of hydrogen-bond donors (Lipinski definition) is 1. The van der Waals surface area contributed by atoms with E-state index in [0.717, 1.165) is 19.4 Å². The van der Waals surface area contributed by atoms with Gasteiger partial charge in [-0.2, -0.15) is 0 Å². The Balaban J connectivity index is 3.25. The van der Waals surface area contributed by atoms with Crippen molar-refractivity contribution in [3.05, 3.63) is 0 Å². The summed E-state index contributed by atoms with van der Waals surface area (Å²) in [6.45, 7) is 13.9. The van der Waals surface area contributed by atoms with Gasteiger partial charge in [0.05, 0.1) is 19.8 Å². The normalized spacial score (nSPS) is 11.9. The summed E-state index contributed by atoms with van der Waals surface area (Å²) in [5.41, 5.74) is 0.209. The van der Waals surface area contributed by atoms with E-state index in [1.54, 1.807) is 0 Å². The summed E-state index contributed by atoms with van der Waals surface area (Å²) in [6, 6.07) is 0. The molecule has 120 valence electrons. The molecule has 0 spiro atoms. The molecule has 4 nitrogen and oxygen atoms in total. The molecule has 1 N–H and O–H groups in total. The molecule has 0 rings (SSSR count). The van der Waals surface area contributed by atoms with Crippen molar-refractivity contribution >= 4 is 5.91 Å². The van der Waals surface area contributed by atoms with Crippen molar-refractivity contribution in [2.24, 2.45) is 11.3 Å². The molecule has 0 saturated carbocycles. The van der Waals surface area contributed by atoms with Gasteiger partial charge >= 0.3 is 0 Å². The van der Waals surface area contributed by atoms with E-state index in [-0.39, 0.29) is 11.3 Å². The van der Waals surface area contributed by atoms with Gasteiger partial charge in [-0.3, -0.25) is 4.79 Å². The number of carbonyl (C=O) groups is 1. The summed E-state index contributed by atoms with van der Waals surface area (Å²) >= 11 is 0. The molecule has 0 radical (unpaired) electrons. The summed E-state index contributed by atoms with van der Waals surface area (Å²) in [4.78, 5) is 11.5. The molecule has 0 unspecified atom stereocenters. The van der Waals surface area contributed by atoms with Crippen LogP contribution in [-0.2, 0) is 14.3 Å². The molecule has 0 aromatic carbocycles. The SMILES string of the molecule is CC(C)CCOCCOCCNC(=O)CCC(C)(C)C. The Morgan fingerprint density at radius 3 is 2.20 bits per heavy atom. The lowest BCUT2D eigenvalue weighted by atomic mass is 9.90. The lowest BCUT2D eigenvalue weighted by molar-refractivity contribution is -0.121. The molecule has 0 aliphatic heterocycles. The summed E-state index contributed by atoms with van der Waals surface area (Å²) in [5.74, 6) is 0.788. The van der Waals surface area contributed by atoms with E-state index in [1.165, 1.54) is 0 Å². The minimum Gasteiger partial charge on any atom is -0.379 e. The zero-order chi connectivity index (χ0) is 15.4. The van der Waals surface area contributed by atoms with Crippen LogP contribution in [0.3, 0.4) is 0 Å². The van der Waals surface area contributed by atoms with Gasteiger partial charge in [0.15, 0.2) is 0 Å². The molecule has 0 heterocycles. The van der Waals surface area contributed by atoms with E-state index in [2.05, 4.69) is 39.9 Å². The van der Waals surface area contributed by atoms with Crippen molar-refractivity contribution in [2.75, 3.05) is 33.0 Å². The Bertz CT molecular complexity index is 247. The fourth-order valence-corrected chi connectivity index (χ4v) is 1.48. The molecule has 0 fully saturated rings. The number of ether oxygens (including phenoxy) is 2. The zero-order valence-corrected chi connectivity index (χ0v) is 14.0. The van der Waals surface area contributed by atoms with Crippen LogP contribution in [0.4, 0.5) is 0 Å². The Hall–Kier alpha value is -0.610. The highest BCUT2D eigenvalue weighted by atomic mass is 16.5. The average Bonchev–Trinajstić information content (AvgIpc) is 2.33. The maximum absolute atomic E-state index is 11.5. The quantitative estimate of drug-likeness (QED) is 0.594. The first-order valence-electron chi connectivity index (χ1n) is 7.73. The summed E-state index contributed by atoms with van der Waals surface area (Å²) in [6.07, 6.45) is 2.58. The van der Waals surface area contributed by atoms with E-state index in [4.69, 9.17) is 9.47 Å². The third-order valence-electron chi connectivity index (χ3n) is 2.88. The van der Waals surface area contributed by atoms with Crippen LogP contribution in [0.25, 0.3) is 0 Å². The molecule has 4 heteroatoms. The van der Waals surface area contributed by atoms with Crippen LogP contribution in [0.15, 0.2) is 0 Å². The highest BCUT2D eigenvalue weighted by Gasteiger charge is 2.12. The number of carbonyl (C=O) groups excluding carboxylic acids is 1. The highest BCUT2D eigenvalue weighted by Crippen LogP contribution is 2.19. The van der Waals surface area contributed by atoms with Crippen LogP contribution in [0.1, 0.15) is 53.9 Å². The van der Waals surface area contributed by atoms with Gasteiger partial charge in [-0.15, -0.1) is 0 Å². The average molecular weight is 287 g/mol. The topological polar surface area (TPSA) is 47.6 Å². The smallest absolute Gasteiger partial charge is 0.220 e. The van der Waals surface area contributed by atoms with E-state index >= 15 is 0 Å². The molecule has 0 aliphatic rings. The van der Waals surface area contributed by atoms with Crippen molar-refractivity contribution in [2.45, 2.75) is 53.9 Å². The zero-order valence-electron chi connectivity index (χ0n) is 14.0. The standard InChI is InChI=1S/C16H33NO3/c1-14(2)7-10-19-12-13-20-11-9-17-15(18)6-8-16(3,4)5/h14H,6-13H2,1-5H3,(H,17,18). The van der Waals surface area contributed by atoms with Crippen molar-refractivity contribution in [3.63, 3.8) is 0 Å². The summed E-state index contributed by atoms with van der Waals surface area (Å²) < 4.78 is 10.8. The van der Waals surface area contributed by atoms with Gasteiger partial charge in [-0.1, -0.05) is 34.6 Å². The number of hydrogen-bond acceptors (Lipinski definition) is 3. The third-order valence-corrected chi connectivity index (χ3v) is 2.88. The van der Waals surface area contributed by atoms with Crippen molar-refractivity contribution in [1.29, 1.82) is 0 Å². The van der Waals surface area contributed by atoms with Gasteiger partial charge in [0.25, 0.3) is 0 Å². The molecular weight excluding hydrogens is 254 g/mol. The lowest BCUT2D eigenvalue weighted by Crippen LogP contribution is -2.28. The number of nitrogens with one attached hydrogen (secondary N) is 1. The van der Waals surface area contributed by atoms with E-state index in [1.807, 2.05) is 0 Å². The molecule has 0 saturated heterocycles. The first-order valence-corrected chi connectivity index (χ1v) is 7.73. The van der Waals surface area contributed by atoms with Crippen molar-refractivity contribution < 1.29 is 14.3 Å². The minimum absolute atomic E-state index is 0.108. The first kappa shape index (κ1) is 19.4. The van der Waals surface area contributed by atoms with Crippen LogP contribution in [-0.4, -0.2) is 38.9 Å². The molecule has 20 heavy (non-hydrogen) atoms. The predicted molar refractivity (Wildman–Crippen MR) is 82.8 cm³/mol. The highest BCUT2D eigenvalue weighted by molar-refractivity contribution is 5.75. The Labute approximate surface area is 124 Å². The van der Waals surface area contributed by atoms with Crippen molar-refractivity contribution in [3.8, 4) is 0 Å². The Morgan fingerprint density at radius 2 is 1.65 bits per heavy atom. The van der Waals surface area contributed by atoms with Gasteiger partial charge in [0.2, 0.25) is 5.91 Å². The van der Waals surface area contributed by atoms with Crippen LogP contribution >= 0.6 is 0 Å². The first-order chi connectivity index (χ1) is 9.31. The Kier molecular flexibility index (Phi) is 10.8. The predicted octanol–water partition coefficient (Wildman–Crippen LogP) is 3.01. The third kappa shape index (κ3) is 15.4.